The van der Waals surface area contributed by atoms with Crippen LogP contribution in [0.5, 0.6) is 0 Å². The van der Waals surface area contributed by atoms with Gasteiger partial charge in [-0.2, -0.15) is 0 Å². The number of rotatable bonds is 6. The number of nitrogens with zero attached hydrogens (tertiary/aromatic N) is 1. The van der Waals surface area contributed by atoms with E-state index in [1.54, 1.807) is 0 Å². The molecule has 0 heterocycles. The van der Waals surface area contributed by atoms with Gasteiger partial charge < -0.3 is 15.3 Å². The maximum absolute atomic E-state index is 9.02. The lowest BCUT2D eigenvalue weighted by atomic mass is 9.78. The highest BCUT2D eigenvalue weighted by Gasteiger charge is 2.28. The second-order valence-corrected chi connectivity index (χ2v) is 5.19. The van der Waals surface area contributed by atoms with Crippen LogP contribution in [-0.4, -0.2) is 49.3 Å². The van der Waals surface area contributed by atoms with Crippen LogP contribution in [0.4, 0.5) is 0 Å². The average Bonchev–Trinajstić information content (AvgIpc) is 2.29. The summed E-state index contributed by atoms with van der Waals surface area (Å²) >= 11 is 0. The molecule has 1 rings (SSSR count). The van der Waals surface area contributed by atoms with Crippen LogP contribution in [0.2, 0.25) is 0 Å². The second-order valence-electron chi connectivity index (χ2n) is 5.19. The fraction of sp³-hybridized carbons (Fsp3) is 1.00. The molecular formula is C13H28N2O. The van der Waals surface area contributed by atoms with Gasteiger partial charge in [-0.25, -0.2) is 0 Å². The van der Waals surface area contributed by atoms with Crippen molar-refractivity contribution in [3.8, 4) is 0 Å². The molecule has 1 fully saturated rings. The van der Waals surface area contributed by atoms with Crippen LogP contribution in [0, 0.1) is 11.8 Å². The Hall–Kier alpha value is -0.120. The molecule has 16 heavy (non-hydrogen) atoms. The van der Waals surface area contributed by atoms with Crippen LogP contribution < -0.4 is 5.32 Å². The molecule has 1 aliphatic rings. The molecule has 0 aliphatic heterocycles. The van der Waals surface area contributed by atoms with Gasteiger partial charge in [0.2, 0.25) is 0 Å². The summed E-state index contributed by atoms with van der Waals surface area (Å²) in [4.78, 5) is 2.37. The molecule has 0 aromatic carbocycles. The van der Waals surface area contributed by atoms with E-state index in [0.717, 1.165) is 31.5 Å². The third-order valence-electron chi connectivity index (χ3n) is 3.97. The monoisotopic (exact) mass is 228 g/mol. The number of hydrogen-bond acceptors (Lipinski definition) is 3. The van der Waals surface area contributed by atoms with Gasteiger partial charge in [0.1, 0.15) is 0 Å². The van der Waals surface area contributed by atoms with Gasteiger partial charge in [-0.3, -0.25) is 0 Å². The SMILES string of the molecule is CCN(CCO)CC1CC(C)CCC1NC. The summed E-state index contributed by atoms with van der Waals surface area (Å²) in [5.41, 5.74) is 0. The molecule has 0 radical (unpaired) electrons. The minimum absolute atomic E-state index is 0.278. The van der Waals surface area contributed by atoms with Gasteiger partial charge in [-0.05, 0) is 44.7 Å². The molecule has 0 amide bonds. The molecule has 0 spiro atoms. The summed E-state index contributed by atoms with van der Waals surface area (Å²) in [6.45, 7) is 7.81. The topological polar surface area (TPSA) is 35.5 Å². The number of aliphatic hydroxyl groups is 1. The van der Waals surface area contributed by atoms with Crippen molar-refractivity contribution in [1.82, 2.24) is 10.2 Å². The molecule has 0 bridgehead atoms. The number of nitrogens with one attached hydrogen (secondary N) is 1. The Labute approximate surface area is 100 Å². The van der Waals surface area contributed by atoms with E-state index in [2.05, 4.69) is 31.1 Å². The molecule has 0 aromatic rings. The molecule has 96 valence electrons. The van der Waals surface area contributed by atoms with Crippen LogP contribution >= 0.6 is 0 Å². The summed E-state index contributed by atoms with van der Waals surface area (Å²) in [7, 11) is 2.08. The van der Waals surface area contributed by atoms with Crippen molar-refractivity contribution in [2.24, 2.45) is 11.8 Å². The number of hydrogen-bond donors (Lipinski definition) is 2. The fourth-order valence-corrected chi connectivity index (χ4v) is 2.93. The fourth-order valence-electron chi connectivity index (χ4n) is 2.93. The Morgan fingerprint density at radius 2 is 2.12 bits per heavy atom. The molecule has 1 saturated carbocycles. The molecule has 2 N–H and O–H groups in total. The van der Waals surface area contributed by atoms with Crippen molar-refractivity contribution >= 4 is 0 Å². The minimum atomic E-state index is 0.278. The van der Waals surface area contributed by atoms with E-state index >= 15 is 0 Å². The van der Waals surface area contributed by atoms with E-state index in [0.29, 0.717) is 6.04 Å². The highest BCUT2D eigenvalue weighted by Crippen LogP contribution is 2.29. The zero-order valence-corrected chi connectivity index (χ0v) is 11.1. The molecule has 3 unspecified atom stereocenters. The lowest BCUT2D eigenvalue weighted by Gasteiger charge is -2.37. The van der Waals surface area contributed by atoms with Crippen molar-refractivity contribution in [1.29, 1.82) is 0 Å². The first-order chi connectivity index (χ1) is 7.71. The third-order valence-corrected chi connectivity index (χ3v) is 3.97. The predicted molar refractivity (Wildman–Crippen MR) is 68.6 cm³/mol. The first-order valence-corrected chi connectivity index (χ1v) is 6.71. The van der Waals surface area contributed by atoms with E-state index < -0.39 is 0 Å². The first kappa shape index (κ1) is 13.9. The molecular weight excluding hydrogens is 200 g/mol. The van der Waals surface area contributed by atoms with Crippen molar-refractivity contribution in [3.63, 3.8) is 0 Å². The zero-order chi connectivity index (χ0) is 12.0. The Balaban J connectivity index is 2.46. The van der Waals surface area contributed by atoms with Crippen LogP contribution in [0.15, 0.2) is 0 Å². The van der Waals surface area contributed by atoms with E-state index in [-0.39, 0.29) is 6.61 Å². The molecule has 1 aliphatic carbocycles. The third kappa shape index (κ3) is 4.04. The lowest BCUT2D eigenvalue weighted by Crippen LogP contribution is -2.44. The van der Waals surface area contributed by atoms with Crippen molar-refractivity contribution in [2.75, 3.05) is 33.3 Å². The summed E-state index contributed by atoms with van der Waals surface area (Å²) in [5.74, 6) is 1.61. The highest BCUT2D eigenvalue weighted by molar-refractivity contribution is 4.84. The van der Waals surface area contributed by atoms with Gasteiger partial charge in [0, 0.05) is 19.1 Å². The van der Waals surface area contributed by atoms with Crippen LogP contribution in [0.25, 0.3) is 0 Å². The molecule has 0 aromatic heterocycles. The molecule has 3 heteroatoms. The average molecular weight is 228 g/mol. The van der Waals surface area contributed by atoms with Gasteiger partial charge in [-0.1, -0.05) is 13.8 Å². The second kappa shape index (κ2) is 7.25. The normalized spacial score (nSPS) is 30.9. The summed E-state index contributed by atoms with van der Waals surface area (Å²) in [6.07, 6.45) is 3.99. The summed E-state index contributed by atoms with van der Waals surface area (Å²) in [5, 5.41) is 12.5. The number of aliphatic hydroxyl groups excluding tert-OH is 1. The quantitative estimate of drug-likeness (QED) is 0.720. The van der Waals surface area contributed by atoms with Crippen molar-refractivity contribution in [2.45, 2.75) is 39.2 Å². The van der Waals surface area contributed by atoms with Crippen molar-refractivity contribution in [3.05, 3.63) is 0 Å². The lowest BCUT2D eigenvalue weighted by molar-refractivity contribution is 0.132. The Bertz CT molecular complexity index is 187. The Kier molecular flexibility index (Phi) is 6.32. The van der Waals surface area contributed by atoms with E-state index in [1.165, 1.54) is 19.3 Å². The maximum Gasteiger partial charge on any atom is 0.0558 e. The summed E-state index contributed by atoms with van der Waals surface area (Å²) in [6, 6.07) is 0.670. The van der Waals surface area contributed by atoms with Gasteiger partial charge in [-0.15, -0.1) is 0 Å². The van der Waals surface area contributed by atoms with Gasteiger partial charge >= 0.3 is 0 Å². The number of likely N-dealkylation sites (N-methyl/N-ethyl adjacent to an activating group) is 1. The van der Waals surface area contributed by atoms with Gasteiger partial charge in [0.05, 0.1) is 6.61 Å². The molecule has 3 atom stereocenters. The van der Waals surface area contributed by atoms with Gasteiger partial charge in [0.25, 0.3) is 0 Å². The van der Waals surface area contributed by atoms with Gasteiger partial charge in [0.15, 0.2) is 0 Å². The Morgan fingerprint density at radius 1 is 1.38 bits per heavy atom. The van der Waals surface area contributed by atoms with E-state index in [1.807, 2.05) is 0 Å². The Morgan fingerprint density at radius 3 is 2.69 bits per heavy atom. The predicted octanol–water partition coefficient (Wildman–Crippen LogP) is 1.32. The first-order valence-electron chi connectivity index (χ1n) is 6.71. The van der Waals surface area contributed by atoms with Crippen LogP contribution in [0.3, 0.4) is 0 Å². The van der Waals surface area contributed by atoms with E-state index in [9.17, 15) is 0 Å². The highest BCUT2D eigenvalue weighted by atomic mass is 16.3. The van der Waals surface area contributed by atoms with Crippen molar-refractivity contribution < 1.29 is 5.11 Å². The van der Waals surface area contributed by atoms with Crippen LogP contribution in [-0.2, 0) is 0 Å². The summed E-state index contributed by atoms with van der Waals surface area (Å²) < 4.78 is 0. The molecule has 0 saturated heterocycles. The van der Waals surface area contributed by atoms with E-state index in [4.69, 9.17) is 5.11 Å². The van der Waals surface area contributed by atoms with Crippen LogP contribution in [0.1, 0.15) is 33.1 Å². The smallest absolute Gasteiger partial charge is 0.0558 e. The largest absolute Gasteiger partial charge is 0.395 e. The zero-order valence-electron chi connectivity index (χ0n) is 11.1. The minimum Gasteiger partial charge on any atom is -0.395 e. The molecule has 3 nitrogen and oxygen atoms in total. The maximum atomic E-state index is 9.02. The standard InChI is InChI=1S/C13H28N2O/c1-4-15(7-8-16)10-12-9-11(2)5-6-13(12)14-3/h11-14,16H,4-10H2,1-3H3.